The molecule has 1 aliphatic heterocycles. The van der Waals surface area contributed by atoms with Gasteiger partial charge in [-0.05, 0) is 25.5 Å². The van der Waals surface area contributed by atoms with Gasteiger partial charge in [0.2, 0.25) is 5.91 Å². The highest BCUT2D eigenvalue weighted by atomic mass is 32.2. The third-order valence-electron chi connectivity index (χ3n) is 3.58. The number of aliphatic hydroxyl groups is 1. The van der Waals surface area contributed by atoms with E-state index in [4.69, 9.17) is 5.11 Å². The zero-order chi connectivity index (χ0) is 15.6. The average molecular weight is 309 g/mol. The van der Waals surface area contributed by atoms with Crippen molar-refractivity contribution in [1.29, 1.82) is 0 Å². The van der Waals surface area contributed by atoms with Crippen molar-refractivity contribution in [1.82, 2.24) is 4.90 Å². The molecule has 114 valence electrons. The number of hydrogen-bond acceptors (Lipinski definition) is 4. The molecule has 0 bridgehead atoms. The van der Waals surface area contributed by atoms with E-state index in [-0.39, 0.29) is 24.6 Å². The molecule has 2 atom stereocenters. The summed E-state index contributed by atoms with van der Waals surface area (Å²) in [6.07, 6.45) is -0.643. The highest BCUT2D eigenvalue weighted by molar-refractivity contribution is 8.00. The van der Waals surface area contributed by atoms with Crippen molar-refractivity contribution in [2.75, 3.05) is 12.3 Å². The molecule has 1 aromatic rings. The maximum Gasteiger partial charge on any atom is 0.326 e. The van der Waals surface area contributed by atoms with Gasteiger partial charge >= 0.3 is 5.97 Å². The number of amides is 1. The Bertz CT molecular complexity index is 561. The number of aliphatic hydroxyl groups excluding tert-OH is 1. The summed E-state index contributed by atoms with van der Waals surface area (Å²) < 4.78 is 0. The first kappa shape index (κ1) is 15.9. The van der Waals surface area contributed by atoms with E-state index >= 15 is 0 Å². The number of nitrogens with zero attached hydrogens (tertiary/aromatic N) is 1. The fourth-order valence-electron chi connectivity index (χ4n) is 2.41. The largest absolute Gasteiger partial charge is 0.480 e. The van der Waals surface area contributed by atoms with Gasteiger partial charge in [-0.2, -0.15) is 0 Å². The van der Waals surface area contributed by atoms with Crippen LogP contribution < -0.4 is 0 Å². The van der Waals surface area contributed by atoms with Gasteiger partial charge in [0.15, 0.2) is 0 Å². The van der Waals surface area contributed by atoms with Crippen molar-refractivity contribution in [3.05, 3.63) is 29.3 Å². The lowest BCUT2D eigenvalue weighted by Crippen LogP contribution is -2.41. The fourth-order valence-corrected chi connectivity index (χ4v) is 3.42. The highest BCUT2D eigenvalue weighted by Crippen LogP contribution is 2.25. The van der Waals surface area contributed by atoms with Crippen LogP contribution in [0.4, 0.5) is 0 Å². The summed E-state index contributed by atoms with van der Waals surface area (Å²) in [6, 6.07) is 5.12. The molecule has 2 N–H and O–H groups in total. The van der Waals surface area contributed by atoms with Crippen molar-refractivity contribution in [3.63, 3.8) is 0 Å². The van der Waals surface area contributed by atoms with Gasteiger partial charge < -0.3 is 15.1 Å². The van der Waals surface area contributed by atoms with Crippen LogP contribution in [0.15, 0.2) is 23.1 Å². The van der Waals surface area contributed by atoms with Gasteiger partial charge in [-0.25, -0.2) is 4.79 Å². The summed E-state index contributed by atoms with van der Waals surface area (Å²) in [5, 5.41) is 18.7. The predicted molar refractivity (Wildman–Crippen MR) is 80.4 cm³/mol. The minimum Gasteiger partial charge on any atom is -0.480 e. The van der Waals surface area contributed by atoms with E-state index in [1.165, 1.54) is 16.7 Å². The maximum absolute atomic E-state index is 12.2. The third-order valence-corrected chi connectivity index (χ3v) is 4.72. The van der Waals surface area contributed by atoms with Crippen LogP contribution in [-0.2, 0) is 9.59 Å². The van der Waals surface area contributed by atoms with Crippen molar-refractivity contribution in [2.45, 2.75) is 37.3 Å². The van der Waals surface area contributed by atoms with Crippen LogP contribution in [0.3, 0.4) is 0 Å². The first-order chi connectivity index (χ1) is 9.88. The number of hydrogen-bond donors (Lipinski definition) is 2. The Morgan fingerprint density at radius 3 is 2.76 bits per heavy atom. The molecule has 0 radical (unpaired) electrons. The Hall–Kier alpha value is -1.53. The molecule has 1 heterocycles. The van der Waals surface area contributed by atoms with Gasteiger partial charge in [0, 0.05) is 17.9 Å². The average Bonchev–Trinajstić information content (AvgIpc) is 2.82. The zero-order valence-corrected chi connectivity index (χ0v) is 12.9. The second-order valence-electron chi connectivity index (χ2n) is 5.35. The molecule has 5 nitrogen and oxygen atoms in total. The first-order valence-corrected chi connectivity index (χ1v) is 7.77. The molecule has 1 aromatic carbocycles. The number of thioether (sulfide) groups is 1. The van der Waals surface area contributed by atoms with Gasteiger partial charge in [-0.15, -0.1) is 11.8 Å². The quantitative estimate of drug-likeness (QED) is 0.823. The van der Waals surface area contributed by atoms with Crippen LogP contribution in [0.2, 0.25) is 0 Å². The summed E-state index contributed by atoms with van der Waals surface area (Å²) in [5.41, 5.74) is 2.21. The summed E-state index contributed by atoms with van der Waals surface area (Å²) in [7, 11) is 0. The Morgan fingerprint density at radius 2 is 2.10 bits per heavy atom. The summed E-state index contributed by atoms with van der Waals surface area (Å²) in [5.74, 6) is -1.12. The van der Waals surface area contributed by atoms with E-state index in [9.17, 15) is 14.7 Å². The zero-order valence-electron chi connectivity index (χ0n) is 12.1. The maximum atomic E-state index is 12.2. The molecule has 1 amide bonds. The number of aliphatic carboxylic acids is 1. The first-order valence-electron chi connectivity index (χ1n) is 6.79. The minimum atomic E-state index is -1.06. The third kappa shape index (κ3) is 3.77. The molecular weight excluding hydrogens is 290 g/mol. The van der Waals surface area contributed by atoms with E-state index in [1.807, 2.05) is 32.0 Å². The number of aryl methyl sites for hydroxylation is 2. The predicted octanol–water partition coefficient (Wildman–Crippen LogP) is 1.44. The second-order valence-corrected chi connectivity index (χ2v) is 6.36. The van der Waals surface area contributed by atoms with E-state index in [0.29, 0.717) is 0 Å². The van der Waals surface area contributed by atoms with Crippen LogP contribution in [0.25, 0.3) is 0 Å². The summed E-state index contributed by atoms with van der Waals surface area (Å²) >= 11 is 1.41. The molecule has 2 unspecified atom stereocenters. The molecule has 0 spiro atoms. The molecule has 6 heteroatoms. The Balaban J connectivity index is 2.01. The lowest BCUT2D eigenvalue weighted by atomic mass is 10.2. The molecule has 1 aliphatic rings. The van der Waals surface area contributed by atoms with Crippen molar-refractivity contribution in [3.8, 4) is 0 Å². The molecule has 0 aromatic heterocycles. The van der Waals surface area contributed by atoms with Crippen LogP contribution in [0.5, 0.6) is 0 Å². The van der Waals surface area contributed by atoms with Crippen molar-refractivity contribution >= 4 is 23.6 Å². The van der Waals surface area contributed by atoms with Gasteiger partial charge in [-0.1, -0.05) is 17.7 Å². The number of carbonyl (C=O) groups excluding carboxylic acids is 1. The van der Waals surface area contributed by atoms with Gasteiger partial charge in [0.05, 0.1) is 11.9 Å². The topological polar surface area (TPSA) is 77.8 Å². The number of carboxylic acids is 1. The van der Waals surface area contributed by atoms with E-state index in [2.05, 4.69) is 0 Å². The van der Waals surface area contributed by atoms with E-state index in [1.54, 1.807) is 0 Å². The Kier molecular flexibility index (Phi) is 4.90. The lowest BCUT2D eigenvalue weighted by molar-refractivity contribution is -0.147. The van der Waals surface area contributed by atoms with Crippen LogP contribution in [0, 0.1) is 13.8 Å². The highest BCUT2D eigenvalue weighted by Gasteiger charge is 2.38. The minimum absolute atomic E-state index is 0.100. The number of rotatable bonds is 4. The summed E-state index contributed by atoms with van der Waals surface area (Å²) in [4.78, 5) is 25.6. The Labute approximate surface area is 128 Å². The molecule has 21 heavy (non-hydrogen) atoms. The smallest absolute Gasteiger partial charge is 0.326 e. The standard InChI is InChI=1S/C15H19NO4S/c1-9-3-4-10(2)13(5-9)21-8-14(18)16-7-11(17)6-12(16)15(19)20/h3-5,11-12,17H,6-8H2,1-2H3,(H,19,20). The number of carboxylic acid groups (broad SMARTS) is 1. The SMILES string of the molecule is Cc1ccc(C)c(SCC(=O)N2CC(O)CC2C(=O)O)c1. The summed E-state index contributed by atoms with van der Waals surface area (Å²) in [6.45, 7) is 4.07. The second kappa shape index (κ2) is 6.49. The van der Waals surface area contributed by atoms with Crippen molar-refractivity contribution in [2.24, 2.45) is 0 Å². The van der Waals surface area contributed by atoms with Crippen LogP contribution in [0.1, 0.15) is 17.5 Å². The Morgan fingerprint density at radius 1 is 1.38 bits per heavy atom. The van der Waals surface area contributed by atoms with E-state index in [0.717, 1.165) is 16.0 Å². The molecule has 1 fully saturated rings. The van der Waals surface area contributed by atoms with Gasteiger partial charge in [0.25, 0.3) is 0 Å². The van der Waals surface area contributed by atoms with Gasteiger partial charge in [-0.3, -0.25) is 4.79 Å². The van der Waals surface area contributed by atoms with Crippen LogP contribution >= 0.6 is 11.8 Å². The lowest BCUT2D eigenvalue weighted by Gasteiger charge is -2.21. The number of β-amino-alcohol motifs (C(OH)–C–C–N with tert-alkyl or cyclic N) is 1. The van der Waals surface area contributed by atoms with Crippen LogP contribution in [-0.4, -0.2) is 51.4 Å². The molecule has 0 aliphatic carbocycles. The molecule has 1 saturated heterocycles. The fraction of sp³-hybridized carbons (Fsp3) is 0.467. The number of likely N-dealkylation sites (tertiary alicyclic amines) is 1. The molecular formula is C15H19NO4S. The molecule has 2 rings (SSSR count). The normalized spacial score (nSPS) is 21.6. The monoisotopic (exact) mass is 309 g/mol. The molecule has 0 saturated carbocycles. The van der Waals surface area contributed by atoms with Gasteiger partial charge in [0.1, 0.15) is 6.04 Å². The number of benzene rings is 1. The van der Waals surface area contributed by atoms with E-state index < -0.39 is 18.1 Å². The number of carbonyl (C=O) groups is 2. The van der Waals surface area contributed by atoms with Crippen molar-refractivity contribution < 1.29 is 19.8 Å².